The number of aromatic nitrogens is 2. The first-order valence-electron chi connectivity index (χ1n) is 3.98. The zero-order chi connectivity index (χ0) is 9.97. The van der Waals surface area contributed by atoms with E-state index in [1.807, 2.05) is 5.38 Å². The molecule has 0 bridgehead atoms. The average molecular weight is 206 g/mol. The lowest BCUT2D eigenvalue weighted by molar-refractivity contribution is 0.425. The Bertz CT molecular complexity index is 419. The summed E-state index contributed by atoms with van der Waals surface area (Å²) in [5.74, 6) is 0. The maximum absolute atomic E-state index is 8.96. The molecule has 0 aliphatic carbocycles. The van der Waals surface area contributed by atoms with Crippen molar-refractivity contribution in [3.8, 4) is 11.4 Å². The van der Waals surface area contributed by atoms with Crippen LogP contribution in [0.5, 0.6) is 0 Å². The molecule has 0 aromatic carbocycles. The lowest BCUT2D eigenvalue weighted by Crippen LogP contribution is -2.29. The zero-order valence-corrected chi connectivity index (χ0v) is 7.98. The van der Waals surface area contributed by atoms with Gasteiger partial charge in [-0.05, 0) is 17.6 Å². The molecule has 70 valence electrons. The fourth-order valence-electron chi connectivity index (χ4n) is 1.09. The molecule has 0 spiro atoms. The predicted molar refractivity (Wildman–Crippen MR) is 55.2 cm³/mol. The second-order valence-corrected chi connectivity index (χ2v) is 3.44. The summed E-state index contributed by atoms with van der Waals surface area (Å²) in [6, 6.07) is 3.17. The smallest absolute Gasteiger partial charge is 0.423 e. The molecule has 2 N–H and O–H groups in total. The highest BCUT2D eigenvalue weighted by Gasteiger charge is 2.12. The van der Waals surface area contributed by atoms with Gasteiger partial charge in [0.05, 0.1) is 16.9 Å². The van der Waals surface area contributed by atoms with Crippen LogP contribution in [0.4, 0.5) is 0 Å². The molecule has 0 saturated heterocycles. The van der Waals surface area contributed by atoms with Crippen LogP contribution in [0.25, 0.3) is 11.4 Å². The van der Waals surface area contributed by atoms with Crippen molar-refractivity contribution in [1.29, 1.82) is 0 Å². The van der Waals surface area contributed by atoms with Crippen molar-refractivity contribution in [2.45, 2.75) is 0 Å². The summed E-state index contributed by atoms with van der Waals surface area (Å²) in [5.41, 5.74) is 3.52. The van der Waals surface area contributed by atoms with E-state index in [1.165, 1.54) is 17.5 Å². The fraction of sp³-hybridized carbons (Fsp3) is 0. The van der Waals surface area contributed by atoms with Crippen molar-refractivity contribution in [1.82, 2.24) is 9.97 Å². The van der Waals surface area contributed by atoms with E-state index in [4.69, 9.17) is 10.0 Å². The van der Waals surface area contributed by atoms with Crippen molar-refractivity contribution in [2.24, 2.45) is 0 Å². The van der Waals surface area contributed by atoms with Crippen LogP contribution in [0.1, 0.15) is 0 Å². The predicted octanol–water partition coefficient (Wildman–Crippen LogP) is -0.115. The van der Waals surface area contributed by atoms with E-state index in [9.17, 15) is 0 Å². The normalized spacial score (nSPS) is 10.1. The summed E-state index contributed by atoms with van der Waals surface area (Å²) in [6.07, 6.45) is 1.53. The van der Waals surface area contributed by atoms with Gasteiger partial charge in [-0.1, -0.05) is 0 Å². The minimum atomic E-state index is -1.46. The highest BCUT2D eigenvalue weighted by atomic mass is 32.1. The average Bonchev–Trinajstić information content (AvgIpc) is 2.71. The van der Waals surface area contributed by atoms with Crippen LogP contribution in [0.15, 0.2) is 29.2 Å². The molecule has 0 saturated carbocycles. The summed E-state index contributed by atoms with van der Waals surface area (Å²) < 4.78 is 0. The van der Waals surface area contributed by atoms with Crippen LogP contribution in [-0.4, -0.2) is 27.1 Å². The number of hydrogen-bond donors (Lipinski definition) is 2. The van der Waals surface area contributed by atoms with Gasteiger partial charge in [0.1, 0.15) is 0 Å². The molecule has 0 aliphatic rings. The topological polar surface area (TPSA) is 66.2 Å². The van der Waals surface area contributed by atoms with Crippen LogP contribution < -0.4 is 5.46 Å². The van der Waals surface area contributed by atoms with Crippen LogP contribution in [0.3, 0.4) is 0 Å². The van der Waals surface area contributed by atoms with Gasteiger partial charge in [-0.2, -0.15) is 0 Å². The summed E-state index contributed by atoms with van der Waals surface area (Å²) >= 11 is 1.47. The first-order chi connectivity index (χ1) is 6.77. The van der Waals surface area contributed by atoms with Crippen molar-refractivity contribution >= 4 is 23.9 Å². The van der Waals surface area contributed by atoms with E-state index in [0.29, 0.717) is 11.2 Å². The third-order valence-corrected chi connectivity index (χ3v) is 2.36. The number of nitrogens with zero attached hydrogens (tertiary/aromatic N) is 2. The van der Waals surface area contributed by atoms with Gasteiger partial charge in [0, 0.05) is 11.6 Å². The molecule has 0 amide bonds. The summed E-state index contributed by atoms with van der Waals surface area (Å²) in [4.78, 5) is 8.17. The Morgan fingerprint density at radius 3 is 2.71 bits per heavy atom. The van der Waals surface area contributed by atoms with E-state index in [-0.39, 0.29) is 0 Å². The maximum Gasteiger partial charge on any atom is 0.488 e. The standard InChI is InChI=1S/C8H7BN2O2S/c12-9(13)6-1-2-10-7(3-6)8-4-14-5-11-8/h1-5,12-13H. The van der Waals surface area contributed by atoms with Gasteiger partial charge >= 0.3 is 7.12 Å². The quantitative estimate of drug-likeness (QED) is 0.672. The maximum atomic E-state index is 8.96. The monoisotopic (exact) mass is 206 g/mol. The van der Waals surface area contributed by atoms with Gasteiger partial charge in [-0.25, -0.2) is 4.98 Å². The van der Waals surface area contributed by atoms with Crippen molar-refractivity contribution < 1.29 is 10.0 Å². The molecule has 0 aliphatic heterocycles. The fourth-order valence-corrected chi connectivity index (χ4v) is 1.63. The lowest BCUT2D eigenvalue weighted by Gasteiger charge is -2.00. The van der Waals surface area contributed by atoms with E-state index in [1.54, 1.807) is 17.6 Å². The Labute approximate surface area is 85.0 Å². The minimum Gasteiger partial charge on any atom is -0.423 e. The molecular weight excluding hydrogens is 199 g/mol. The second kappa shape index (κ2) is 3.87. The molecule has 2 heterocycles. The van der Waals surface area contributed by atoms with Crippen LogP contribution in [-0.2, 0) is 0 Å². The summed E-state index contributed by atoms with van der Waals surface area (Å²) in [5, 5.41) is 19.8. The SMILES string of the molecule is OB(O)c1ccnc(-c2cscn2)c1. The molecule has 2 aromatic heterocycles. The third-order valence-electron chi connectivity index (χ3n) is 1.78. The number of pyridine rings is 1. The molecule has 0 unspecified atom stereocenters. The third kappa shape index (κ3) is 1.82. The van der Waals surface area contributed by atoms with Crippen LogP contribution in [0, 0.1) is 0 Å². The molecule has 0 atom stereocenters. The van der Waals surface area contributed by atoms with Gasteiger partial charge < -0.3 is 10.0 Å². The first-order valence-corrected chi connectivity index (χ1v) is 4.92. The van der Waals surface area contributed by atoms with Gasteiger partial charge in [0.2, 0.25) is 0 Å². The van der Waals surface area contributed by atoms with E-state index in [2.05, 4.69) is 9.97 Å². The summed E-state index contributed by atoms with van der Waals surface area (Å²) in [7, 11) is -1.46. The number of hydrogen-bond acceptors (Lipinski definition) is 5. The van der Waals surface area contributed by atoms with Gasteiger partial charge in [0.15, 0.2) is 0 Å². The second-order valence-electron chi connectivity index (χ2n) is 2.72. The van der Waals surface area contributed by atoms with E-state index in [0.717, 1.165) is 5.69 Å². The molecule has 0 radical (unpaired) electrons. The number of thiazole rings is 1. The van der Waals surface area contributed by atoms with Gasteiger partial charge in [-0.15, -0.1) is 11.3 Å². The Kier molecular flexibility index (Phi) is 2.58. The Morgan fingerprint density at radius 1 is 1.21 bits per heavy atom. The Morgan fingerprint density at radius 2 is 2.07 bits per heavy atom. The molecule has 6 heteroatoms. The lowest BCUT2D eigenvalue weighted by atomic mass is 9.80. The van der Waals surface area contributed by atoms with Crippen molar-refractivity contribution in [2.75, 3.05) is 0 Å². The van der Waals surface area contributed by atoms with Crippen LogP contribution in [0.2, 0.25) is 0 Å². The highest BCUT2D eigenvalue weighted by molar-refractivity contribution is 7.07. The van der Waals surface area contributed by atoms with Gasteiger partial charge in [0.25, 0.3) is 0 Å². The molecule has 4 nitrogen and oxygen atoms in total. The molecule has 0 fully saturated rings. The molecule has 2 rings (SSSR count). The van der Waals surface area contributed by atoms with Crippen molar-refractivity contribution in [3.05, 3.63) is 29.2 Å². The van der Waals surface area contributed by atoms with Crippen molar-refractivity contribution in [3.63, 3.8) is 0 Å². The largest absolute Gasteiger partial charge is 0.488 e. The Hall–Kier alpha value is -1.24. The highest BCUT2D eigenvalue weighted by Crippen LogP contribution is 2.14. The zero-order valence-electron chi connectivity index (χ0n) is 7.16. The van der Waals surface area contributed by atoms with E-state index >= 15 is 0 Å². The number of rotatable bonds is 2. The Balaban J connectivity index is 2.41. The molecule has 2 aromatic rings. The van der Waals surface area contributed by atoms with Gasteiger partial charge in [-0.3, -0.25) is 4.98 Å². The minimum absolute atomic E-state index is 0.419. The first kappa shape index (κ1) is 9.33. The van der Waals surface area contributed by atoms with Crippen LogP contribution >= 0.6 is 11.3 Å². The summed E-state index contributed by atoms with van der Waals surface area (Å²) in [6.45, 7) is 0. The molecule has 14 heavy (non-hydrogen) atoms. The van der Waals surface area contributed by atoms with E-state index < -0.39 is 7.12 Å². The molecular formula is C8H7BN2O2S.